The van der Waals surface area contributed by atoms with Crippen LogP contribution >= 0.6 is 0 Å². The molecule has 1 aliphatic rings. The van der Waals surface area contributed by atoms with Gasteiger partial charge in [0.2, 0.25) is 5.91 Å². The third-order valence-electron chi connectivity index (χ3n) is 3.11. The van der Waals surface area contributed by atoms with Crippen LogP contribution in [0.4, 0.5) is 0 Å². The highest BCUT2D eigenvalue weighted by molar-refractivity contribution is 5.80. The van der Waals surface area contributed by atoms with Crippen LogP contribution in [0.25, 0.3) is 0 Å². The topological polar surface area (TPSA) is 64.2 Å². The Morgan fingerprint density at radius 1 is 1.65 bits per heavy atom. The van der Waals surface area contributed by atoms with Gasteiger partial charge in [-0.05, 0) is 6.42 Å². The normalized spacial score (nSPS) is 23.0. The summed E-state index contributed by atoms with van der Waals surface area (Å²) in [5.41, 5.74) is 5.75. The van der Waals surface area contributed by atoms with Crippen molar-refractivity contribution in [3.8, 4) is 0 Å². The lowest BCUT2D eigenvalue weighted by molar-refractivity contribution is -0.133. The molecule has 1 aliphatic carbocycles. The molecular formula is C12H18N4O. The van der Waals surface area contributed by atoms with Crippen molar-refractivity contribution in [3.63, 3.8) is 0 Å². The molecular weight excluding hydrogens is 216 g/mol. The van der Waals surface area contributed by atoms with E-state index in [1.54, 1.807) is 18.1 Å². The number of aryl methyl sites for hydroxylation is 1. The van der Waals surface area contributed by atoms with Crippen LogP contribution in [0.5, 0.6) is 0 Å². The van der Waals surface area contributed by atoms with Crippen LogP contribution in [-0.4, -0.2) is 33.4 Å². The minimum atomic E-state index is -0.0738. The first-order chi connectivity index (χ1) is 8.08. The van der Waals surface area contributed by atoms with Crippen LogP contribution in [0.3, 0.4) is 0 Å². The van der Waals surface area contributed by atoms with Gasteiger partial charge in [0.25, 0.3) is 0 Å². The van der Waals surface area contributed by atoms with Gasteiger partial charge < -0.3 is 15.2 Å². The predicted octanol–water partition coefficient (Wildman–Crippen LogP) is 0.282. The molecule has 0 saturated heterocycles. The van der Waals surface area contributed by atoms with E-state index < -0.39 is 0 Å². The molecule has 0 aliphatic heterocycles. The van der Waals surface area contributed by atoms with E-state index in [1.165, 1.54) is 0 Å². The Morgan fingerprint density at radius 3 is 2.94 bits per heavy atom. The monoisotopic (exact) mass is 234 g/mol. The summed E-state index contributed by atoms with van der Waals surface area (Å²) in [5, 5.41) is 0. The van der Waals surface area contributed by atoms with Gasteiger partial charge in [-0.3, -0.25) is 4.79 Å². The molecule has 1 aromatic heterocycles. The van der Waals surface area contributed by atoms with Crippen LogP contribution in [0, 0.1) is 5.92 Å². The summed E-state index contributed by atoms with van der Waals surface area (Å²) in [5.74, 6) is 0.916. The van der Waals surface area contributed by atoms with Gasteiger partial charge in [-0.15, -0.1) is 0 Å². The van der Waals surface area contributed by atoms with Crippen molar-refractivity contribution in [2.75, 3.05) is 7.05 Å². The van der Waals surface area contributed by atoms with Crippen molar-refractivity contribution < 1.29 is 4.79 Å². The maximum atomic E-state index is 12.1. The Balaban J connectivity index is 1.96. The van der Waals surface area contributed by atoms with Gasteiger partial charge in [0.05, 0.1) is 12.5 Å². The highest BCUT2D eigenvalue weighted by atomic mass is 16.2. The van der Waals surface area contributed by atoms with E-state index in [-0.39, 0.29) is 17.9 Å². The molecule has 1 amide bonds. The maximum absolute atomic E-state index is 12.1. The van der Waals surface area contributed by atoms with E-state index in [9.17, 15) is 4.79 Å². The number of nitrogens with two attached hydrogens (primary N) is 1. The third-order valence-corrected chi connectivity index (χ3v) is 3.11. The molecule has 0 spiro atoms. The van der Waals surface area contributed by atoms with E-state index in [4.69, 9.17) is 5.73 Å². The minimum absolute atomic E-state index is 0.0190. The molecule has 0 fully saturated rings. The lowest BCUT2D eigenvalue weighted by Crippen LogP contribution is -2.33. The Kier molecular flexibility index (Phi) is 3.28. The van der Waals surface area contributed by atoms with E-state index in [1.807, 2.05) is 30.0 Å². The number of carbonyl (C=O) groups is 1. The number of hydrogen-bond acceptors (Lipinski definition) is 3. The third kappa shape index (κ3) is 2.55. The highest BCUT2D eigenvalue weighted by Crippen LogP contribution is 2.19. The molecule has 2 atom stereocenters. The number of nitrogens with zero attached hydrogens (tertiary/aromatic N) is 3. The summed E-state index contributed by atoms with van der Waals surface area (Å²) in [6, 6.07) is 0.0190. The quantitative estimate of drug-likeness (QED) is 0.764. The fourth-order valence-electron chi connectivity index (χ4n) is 2.03. The highest BCUT2D eigenvalue weighted by Gasteiger charge is 2.25. The Hall–Kier alpha value is -1.62. The van der Waals surface area contributed by atoms with Crippen LogP contribution in [0.15, 0.2) is 24.5 Å². The molecule has 2 N–H and O–H groups in total. The van der Waals surface area contributed by atoms with Crippen LogP contribution in [0.2, 0.25) is 0 Å². The average molecular weight is 234 g/mol. The number of hydrogen-bond donors (Lipinski definition) is 1. The second-order valence-electron chi connectivity index (χ2n) is 4.54. The lowest BCUT2D eigenvalue weighted by Gasteiger charge is -2.20. The first kappa shape index (κ1) is 11.9. The molecule has 5 nitrogen and oxygen atoms in total. The first-order valence-electron chi connectivity index (χ1n) is 5.73. The van der Waals surface area contributed by atoms with E-state index in [2.05, 4.69) is 4.98 Å². The molecule has 17 heavy (non-hydrogen) atoms. The zero-order chi connectivity index (χ0) is 12.4. The van der Waals surface area contributed by atoms with Gasteiger partial charge >= 0.3 is 0 Å². The SMILES string of the molecule is CN(Cc1nccn1C)C(=O)C1C=CC(N)C1. The smallest absolute Gasteiger partial charge is 0.229 e. The molecule has 1 aromatic rings. The van der Waals surface area contributed by atoms with Gasteiger partial charge in [-0.1, -0.05) is 12.2 Å². The largest absolute Gasteiger partial charge is 0.338 e. The fraction of sp³-hybridized carbons (Fsp3) is 0.500. The minimum Gasteiger partial charge on any atom is -0.338 e. The van der Waals surface area contributed by atoms with E-state index in [0.717, 1.165) is 5.82 Å². The second kappa shape index (κ2) is 4.71. The van der Waals surface area contributed by atoms with Gasteiger partial charge in [-0.2, -0.15) is 0 Å². The molecule has 0 bridgehead atoms. The van der Waals surface area contributed by atoms with Crippen LogP contribution in [0.1, 0.15) is 12.2 Å². The van der Waals surface area contributed by atoms with Crippen molar-refractivity contribution in [1.82, 2.24) is 14.5 Å². The molecule has 2 unspecified atom stereocenters. The number of aromatic nitrogens is 2. The molecule has 0 radical (unpaired) electrons. The van der Waals surface area contributed by atoms with Crippen molar-refractivity contribution in [2.45, 2.75) is 19.0 Å². The zero-order valence-corrected chi connectivity index (χ0v) is 10.2. The Bertz CT molecular complexity index is 437. The van der Waals surface area contributed by atoms with Crippen molar-refractivity contribution in [2.24, 2.45) is 18.7 Å². The number of imidazole rings is 1. The lowest BCUT2D eigenvalue weighted by atomic mass is 10.1. The summed E-state index contributed by atoms with van der Waals surface area (Å²) in [6.45, 7) is 0.530. The Labute approximate surface area is 101 Å². The van der Waals surface area contributed by atoms with E-state index in [0.29, 0.717) is 13.0 Å². The summed E-state index contributed by atoms with van der Waals surface area (Å²) >= 11 is 0. The summed E-state index contributed by atoms with van der Waals surface area (Å²) in [6.07, 6.45) is 8.13. The Morgan fingerprint density at radius 2 is 2.41 bits per heavy atom. The number of carbonyl (C=O) groups excluding carboxylic acids is 1. The van der Waals surface area contributed by atoms with Gasteiger partial charge in [-0.25, -0.2) is 4.98 Å². The summed E-state index contributed by atoms with van der Waals surface area (Å²) in [4.78, 5) is 18.0. The van der Waals surface area contributed by atoms with Crippen LogP contribution in [-0.2, 0) is 18.4 Å². The zero-order valence-electron chi connectivity index (χ0n) is 10.2. The van der Waals surface area contributed by atoms with Crippen LogP contribution < -0.4 is 5.73 Å². The van der Waals surface area contributed by atoms with Crippen molar-refractivity contribution in [3.05, 3.63) is 30.4 Å². The second-order valence-corrected chi connectivity index (χ2v) is 4.54. The van der Waals surface area contributed by atoms with Crippen molar-refractivity contribution in [1.29, 1.82) is 0 Å². The van der Waals surface area contributed by atoms with Gasteiger partial charge in [0.15, 0.2) is 0 Å². The van der Waals surface area contributed by atoms with Gasteiger partial charge in [0.1, 0.15) is 5.82 Å². The fourth-order valence-corrected chi connectivity index (χ4v) is 2.03. The summed E-state index contributed by atoms with van der Waals surface area (Å²) in [7, 11) is 3.72. The predicted molar refractivity (Wildman–Crippen MR) is 64.9 cm³/mol. The average Bonchev–Trinajstić information content (AvgIpc) is 2.88. The molecule has 2 rings (SSSR count). The van der Waals surface area contributed by atoms with Gasteiger partial charge in [0, 0.05) is 32.5 Å². The standard InChI is InChI=1S/C12H18N4O/c1-15-6-5-14-11(15)8-16(2)12(17)9-3-4-10(13)7-9/h3-6,9-10H,7-8,13H2,1-2H3. The molecule has 0 saturated carbocycles. The van der Waals surface area contributed by atoms with E-state index >= 15 is 0 Å². The number of amides is 1. The molecule has 5 heteroatoms. The van der Waals surface area contributed by atoms with Crippen molar-refractivity contribution >= 4 is 5.91 Å². The summed E-state index contributed by atoms with van der Waals surface area (Å²) < 4.78 is 1.92. The molecule has 0 aromatic carbocycles. The number of rotatable bonds is 3. The maximum Gasteiger partial charge on any atom is 0.229 e. The molecule has 92 valence electrons. The first-order valence-corrected chi connectivity index (χ1v) is 5.73. The molecule has 1 heterocycles.